The molecule has 1 N–H and O–H groups in total. The maximum atomic E-state index is 11.3. The van der Waals surface area contributed by atoms with Gasteiger partial charge in [-0.15, -0.1) is 0 Å². The first kappa shape index (κ1) is 12.1. The third-order valence-electron chi connectivity index (χ3n) is 3.49. The fourth-order valence-electron chi connectivity index (χ4n) is 2.48. The Balaban J connectivity index is 2.14. The van der Waals surface area contributed by atoms with Crippen LogP contribution in [0.1, 0.15) is 47.5 Å². The Labute approximate surface area is 101 Å². The van der Waals surface area contributed by atoms with Crippen LogP contribution in [0.15, 0.2) is 24.3 Å². The Kier molecular flexibility index (Phi) is 3.79. The maximum absolute atomic E-state index is 11.3. The second kappa shape index (κ2) is 5.32. The van der Waals surface area contributed by atoms with Crippen molar-refractivity contribution in [3.63, 3.8) is 0 Å². The van der Waals surface area contributed by atoms with Crippen LogP contribution in [0, 0.1) is 0 Å². The van der Waals surface area contributed by atoms with Gasteiger partial charge in [0.25, 0.3) is 0 Å². The summed E-state index contributed by atoms with van der Waals surface area (Å²) in [4.78, 5) is 11.3. The van der Waals surface area contributed by atoms with Gasteiger partial charge in [0, 0.05) is 5.92 Å². The molecule has 1 aliphatic rings. The van der Waals surface area contributed by atoms with Crippen LogP contribution in [-0.2, 0) is 4.74 Å². The molecule has 1 aliphatic carbocycles. The molecule has 0 saturated heterocycles. The minimum absolute atomic E-state index is 0.218. The topological polar surface area (TPSA) is 46.5 Å². The van der Waals surface area contributed by atoms with E-state index in [1.165, 1.54) is 13.5 Å². The van der Waals surface area contributed by atoms with Gasteiger partial charge < -0.3 is 9.84 Å². The monoisotopic (exact) mass is 234 g/mol. The average molecular weight is 234 g/mol. The van der Waals surface area contributed by atoms with Crippen molar-refractivity contribution in [2.24, 2.45) is 0 Å². The van der Waals surface area contributed by atoms with Gasteiger partial charge >= 0.3 is 5.97 Å². The van der Waals surface area contributed by atoms with Gasteiger partial charge in [0.15, 0.2) is 0 Å². The fourth-order valence-corrected chi connectivity index (χ4v) is 2.48. The number of hydrogen-bond acceptors (Lipinski definition) is 3. The third kappa shape index (κ3) is 2.67. The lowest BCUT2D eigenvalue weighted by Gasteiger charge is -2.27. The molecule has 0 heterocycles. The van der Waals surface area contributed by atoms with Crippen LogP contribution < -0.4 is 0 Å². The summed E-state index contributed by atoms with van der Waals surface area (Å²) in [6.07, 6.45) is 3.94. The number of aliphatic hydroxyl groups excluding tert-OH is 1. The minimum atomic E-state index is -0.319. The molecule has 2 rings (SSSR count). The Morgan fingerprint density at radius 3 is 2.47 bits per heavy atom. The molecule has 0 bridgehead atoms. The highest BCUT2D eigenvalue weighted by Gasteiger charge is 2.24. The summed E-state index contributed by atoms with van der Waals surface area (Å²) in [5, 5.41) is 9.96. The highest BCUT2D eigenvalue weighted by atomic mass is 16.5. The second-order valence-electron chi connectivity index (χ2n) is 4.57. The lowest BCUT2D eigenvalue weighted by atomic mass is 9.81. The van der Waals surface area contributed by atoms with E-state index in [9.17, 15) is 9.90 Å². The highest BCUT2D eigenvalue weighted by Crippen LogP contribution is 2.33. The second-order valence-corrected chi connectivity index (χ2v) is 4.57. The van der Waals surface area contributed by atoms with Gasteiger partial charge in [-0.1, -0.05) is 25.0 Å². The predicted octanol–water partition coefficient (Wildman–Crippen LogP) is 2.49. The van der Waals surface area contributed by atoms with Crippen molar-refractivity contribution in [2.75, 3.05) is 7.11 Å². The lowest BCUT2D eigenvalue weighted by Crippen LogP contribution is -2.22. The van der Waals surface area contributed by atoms with Crippen LogP contribution in [0.25, 0.3) is 0 Å². The first-order valence-corrected chi connectivity index (χ1v) is 6.08. The summed E-state index contributed by atoms with van der Waals surface area (Å²) < 4.78 is 4.65. The van der Waals surface area contributed by atoms with Crippen LogP contribution in [-0.4, -0.2) is 24.3 Å². The van der Waals surface area contributed by atoms with E-state index < -0.39 is 0 Å². The zero-order valence-corrected chi connectivity index (χ0v) is 10.1. The first-order chi connectivity index (χ1) is 8.22. The van der Waals surface area contributed by atoms with Crippen molar-refractivity contribution in [1.29, 1.82) is 0 Å². The predicted molar refractivity (Wildman–Crippen MR) is 65.0 cm³/mol. The van der Waals surface area contributed by atoms with Crippen molar-refractivity contribution in [3.8, 4) is 0 Å². The average Bonchev–Trinajstić information content (AvgIpc) is 2.39. The number of hydrogen-bond donors (Lipinski definition) is 1. The van der Waals surface area contributed by atoms with Gasteiger partial charge in [0.05, 0.1) is 18.8 Å². The molecular weight excluding hydrogens is 216 g/mol. The fraction of sp³-hybridized carbons (Fsp3) is 0.500. The molecule has 3 nitrogen and oxygen atoms in total. The number of rotatable bonds is 2. The van der Waals surface area contributed by atoms with E-state index in [0.29, 0.717) is 5.56 Å². The zero-order chi connectivity index (χ0) is 12.3. The molecule has 0 spiro atoms. The van der Waals surface area contributed by atoms with E-state index in [1.54, 1.807) is 12.1 Å². The standard InChI is InChI=1S/C14H18O3/c1-17-14(16)11-8-6-10(7-9-11)12-4-2-3-5-13(12)15/h6-9,12-13,15H,2-5H2,1H3/t12-,13-/m0/s1. The van der Waals surface area contributed by atoms with E-state index in [1.807, 2.05) is 12.1 Å². The van der Waals surface area contributed by atoms with Gasteiger partial charge in [0.1, 0.15) is 0 Å². The van der Waals surface area contributed by atoms with Crippen LogP contribution in [0.2, 0.25) is 0 Å². The number of esters is 1. The molecule has 92 valence electrons. The lowest BCUT2D eigenvalue weighted by molar-refractivity contribution is 0.0600. The zero-order valence-electron chi connectivity index (χ0n) is 10.1. The quantitative estimate of drug-likeness (QED) is 0.800. The summed E-state index contributed by atoms with van der Waals surface area (Å²) >= 11 is 0. The smallest absolute Gasteiger partial charge is 0.337 e. The van der Waals surface area contributed by atoms with Gasteiger partial charge in [-0.05, 0) is 30.5 Å². The number of methoxy groups -OCH3 is 1. The molecule has 1 saturated carbocycles. The Morgan fingerprint density at radius 1 is 1.24 bits per heavy atom. The number of benzene rings is 1. The number of aliphatic hydroxyl groups is 1. The molecule has 1 aromatic carbocycles. The molecule has 0 radical (unpaired) electrons. The molecule has 0 unspecified atom stereocenters. The first-order valence-electron chi connectivity index (χ1n) is 6.08. The van der Waals surface area contributed by atoms with Gasteiger partial charge in [0.2, 0.25) is 0 Å². The summed E-state index contributed by atoms with van der Waals surface area (Å²) in [6, 6.07) is 7.38. The molecule has 0 aliphatic heterocycles. The van der Waals surface area contributed by atoms with Crippen molar-refractivity contribution in [1.82, 2.24) is 0 Å². The van der Waals surface area contributed by atoms with Crippen molar-refractivity contribution >= 4 is 5.97 Å². The molecule has 1 fully saturated rings. The third-order valence-corrected chi connectivity index (χ3v) is 3.49. The number of carbonyl (C=O) groups excluding carboxylic acids is 1. The summed E-state index contributed by atoms with van der Waals surface area (Å²) in [7, 11) is 1.38. The van der Waals surface area contributed by atoms with Crippen molar-refractivity contribution < 1.29 is 14.6 Å². The van der Waals surface area contributed by atoms with E-state index in [-0.39, 0.29) is 18.0 Å². The summed E-state index contributed by atoms with van der Waals surface area (Å²) in [5.74, 6) is -0.101. The van der Waals surface area contributed by atoms with Crippen LogP contribution in [0.5, 0.6) is 0 Å². The molecule has 0 aromatic heterocycles. The highest BCUT2D eigenvalue weighted by molar-refractivity contribution is 5.89. The molecule has 0 amide bonds. The van der Waals surface area contributed by atoms with Crippen molar-refractivity contribution in [2.45, 2.75) is 37.7 Å². The largest absolute Gasteiger partial charge is 0.465 e. The van der Waals surface area contributed by atoms with Gasteiger partial charge in [-0.3, -0.25) is 0 Å². The Hall–Kier alpha value is -1.35. The molecular formula is C14H18O3. The number of ether oxygens (including phenoxy) is 1. The Bertz CT molecular complexity index is 383. The van der Waals surface area contributed by atoms with E-state index >= 15 is 0 Å². The van der Waals surface area contributed by atoms with Crippen LogP contribution in [0.4, 0.5) is 0 Å². The van der Waals surface area contributed by atoms with Crippen LogP contribution >= 0.6 is 0 Å². The van der Waals surface area contributed by atoms with E-state index in [0.717, 1.165) is 24.8 Å². The molecule has 1 aromatic rings. The SMILES string of the molecule is COC(=O)c1ccc([C@@H]2CCCC[C@@H]2O)cc1. The number of carbonyl (C=O) groups is 1. The molecule has 3 heteroatoms. The van der Waals surface area contributed by atoms with E-state index in [2.05, 4.69) is 4.74 Å². The summed E-state index contributed by atoms with van der Waals surface area (Å²) in [5.41, 5.74) is 1.67. The minimum Gasteiger partial charge on any atom is -0.465 e. The van der Waals surface area contributed by atoms with E-state index in [4.69, 9.17) is 0 Å². The maximum Gasteiger partial charge on any atom is 0.337 e. The molecule has 17 heavy (non-hydrogen) atoms. The Morgan fingerprint density at radius 2 is 1.88 bits per heavy atom. The molecule has 2 atom stereocenters. The van der Waals surface area contributed by atoms with Gasteiger partial charge in [-0.25, -0.2) is 4.79 Å². The van der Waals surface area contributed by atoms with Gasteiger partial charge in [-0.2, -0.15) is 0 Å². The van der Waals surface area contributed by atoms with Crippen LogP contribution in [0.3, 0.4) is 0 Å². The normalized spacial score (nSPS) is 24.4. The van der Waals surface area contributed by atoms with Crippen molar-refractivity contribution in [3.05, 3.63) is 35.4 Å². The summed E-state index contributed by atoms with van der Waals surface area (Å²) in [6.45, 7) is 0.